The van der Waals surface area contributed by atoms with Gasteiger partial charge in [0.1, 0.15) is 23.3 Å². The van der Waals surface area contributed by atoms with Gasteiger partial charge in [-0.3, -0.25) is 60.7 Å². The number of nitro benzene ring substituents is 6. The van der Waals surface area contributed by atoms with Crippen LogP contribution < -0.4 is 9.47 Å². The fourth-order valence-corrected chi connectivity index (χ4v) is 3.05. The van der Waals surface area contributed by atoms with E-state index in [4.69, 9.17) is 9.47 Å². The van der Waals surface area contributed by atoms with E-state index >= 15 is 0 Å². The average Bonchev–Trinajstić information content (AvgIpc) is 2.75. The normalized spacial score (nSPS) is 10.3. The van der Waals surface area contributed by atoms with Crippen molar-refractivity contribution < 1.29 is 39.0 Å². The van der Waals surface area contributed by atoms with Crippen molar-refractivity contribution in [2.24, 2.45) is 0 Å². The lowest BCUT2D eigenvalue weighted by Gasteiger charge is -2.13. The molecule has 34 heavy (non-hydrogen) atoms. The van der Waals surface area contributed by atoms with E-state index in [9.17, 15) is 60.7 Å². The highest BCUT2D eigenvalue weighted by molar-refractivity contribution is 5.99. The van der Waals surface area contributed by atoms with E-state index in [1.807, 2.05) is 0 Å². The molecule has 0 fully saturated rings. The van der Waals surface area contributed by atoms with Crippen molar-refractivity contribution in [3.8, 4) is 22.6 Å². The van der Waals surface area contributed by atoms with E-state index in [0.29, 0.717) is 14.2 Å². The summed E-state index contributed by atoms with van der Waals surface area (Å²) in [7, 11) is 1.40. The SMILES string of the molecule is COc1c([N+](=O)[O-])cc([N+](=O)[O-])c([N+](=O)[O-])c1-c1c(OC)c([N+](=O)[O-])cc([N+](=O)[O-])c1[N+](=O)[O-]. The van der Waals surface area contributed by atoms with Gasteiger partial charge in [-0.15, -0.1) is 0 Å². The molecule has 0 N–H and O–H groups in total. The Bertz CT molecular complexity index is 1210. The Kier molecular flexibility index (Phi) is 6.46. The summed E-state index contributed by atoms with van der Waals surface area (Å²) in [5, 5.41) is 69.5. The number of rotatable bonds is 9. The van der Waals surface area contributed by atoms with Crippen LogP contribution in [0.1, 0.15) is 0 Å². The van der Waals surface area contributed by atoms with Gasteiger partial charge in [0.25, 0.3) is 0 Å². The van der Waals surface area contributed by atoms with Gasteiger partial charge in [0.2, 0.25) is 11.5 Å². The summed E-state index contributed by atoms with van der Waals surface area (Å²) < 4.78 is 9.53. The van der Waals surface area contributed by atoms with Gasteiger partial charge in [0.05, 0.1) is 43.8 Å². The number of benzene rings is 2. The highest BCUT2D eigenvalue weighted by Gasteiger charge is 2.47. The van der Waals surface area contributed by atoms with Crippen LogP contribution in [0.3, 0.4) is 0 Å². The van der Waals surface area contributed by atoms with Crippen molar-refractivity contribution in [2.45, 2.75) is 0 Å². The molecule has 2 rings (SSSR count). The molecule has 0 aliphatic carbocycles. The summed E-state index contributed by atoms with van der Waals surface area (Å²) in [4.78, 5) is 61.1. The third kappa shape index (κ3) is 3.88. The highest BCUT2D eigenvalue weighted by atomic mass is 16.7. The first-order valence-electron chi connectivity index (χ1n) is 8.16. The van der Waals surface area contributed by atoms with Gasteiger partial charge in [0.15, 0.2) is 0 Å². The summed E-state index contributed by atoms with van der Waals surface area (Å²) in [6, 6.07) is 0.259. The standard InChI is InChI=1S/C14H8N6O14/c1-33-13-7(17(25)26)3-5(15(21)22)11(19(29)30)9(13)10-12(20(31)32)6(16(23)24)4-8(18(27)28)14(10)34-2/h3-4H,1-2H3. The number of methoxy groups -OCH3 is 2. The van der Waals surface area contributed by atoms with Crippen LogP contribution in [0.2, 0.25) is 0 Å². The fraction of sp³-hybridized carbons (Fsp3) is 0.143. The summed E-state index contributed by atoms with van der Waals surface area (Å²) in [5.41, 5.74) is -11.8. The van der Waals surface area contributed by atoms with Crippen molar-refractivity contribution in [1.82, 2.24) is 0 Å². The lowest BCUT2D eigenvalue weighted by Crippen LogP contribution is -2.08. The average molecular weight is 484 g/mol. The molecule has 20 nitrogen and oxygen atoms in total. The van der Waals surface area contributed by atoms with Crippen LogP contribution >= 0.6 is 0 Å². The van der Waals surface area contributed by atoms with Crippen LogP contribution in [-0.4, -0.2) is 43.8 Å². The first kappa shape index (κ1) is 24.7. The largest absolute Gasteiger partial charge is 0.490 e. The zero-order valence-corrected chi connectivity index (χ0v) is 16.6. The Balaban J connectivity index is 3.50. The van der Waals surface area contributed by atoms with E-state index in [2.05, 4.69) is 0 Å². The van der Waals surface area contributed by atoms with Crippen molar-refractivity contribution in [3.05, 3.63) is 72.8 Å². The maximum absolute atomic E-state index is 11.8. The lowest BCUT2D eigenvalue weighted by atomic mass is 9.95. The summed E-state index contributed by atoms with van der Waals surface area (Å²) in [5.74, 6) is -2.36. The van der Waals surface area contributed by atoms with Gasteiger partial charge in [-0.05, 0) is 0 Å². The van der Waals surface area contributed by atoms with Gasteiger partial charge < -0.3 is 9.47 Å². The number of nitrogens with zero attached hydrogens (tertiary/aromatic N) is 6. The molecule has 2 aromatic carbocycles. The monoisotopic (exact) mass is 484 g/mol. The molecule has 0 saturated carbocycles. The molecular formula is C14H8N6O14. The maximum Gasteiger partial charge on any atom is 0.358 e. The fourth-order valence-electron chi connectivity index (χ4n) is 3.05. The maximum atomic E-state index is 11.8. The van der Waals surface area contributed by atoms with E-state index in [0.717, 1.165) is 0 Å². The van der Waals surface area contributed by atoms with Gasteiger partial charge in [-0.1, -0.05) is 0 Å². The van der Waals surface area contributed by atoms with E-state index in [-0.39, 0.29) is 12.1 Å². The smallest absolute Gasteiger partial charge is 0.358 e. The van der Waals surface area contributed by atoms with Crippen LogP contribution in [-0.2, 0) is 0 Å². The van der Waals surface area contributed by atoms with Gasteiger partial charge in [0, 0.05) is 0 Å². The van der Waals surface area contributed by atoms with Crippen LogP contribution in [0, 0.1) is 60.7 Å². The Morgan fingerprint density at radius 3 is 0.941 bits per heavy atom. The second-order valence-corrected chi connectivity index (χ2v) is 5.89. The molecular weight excluding hydrogens is 476 g/mol. The van der Waals surface area contributed by atoms with E-state index in [1.54, 1.807) is 0 Å². The third-order valence-electron chi connectivity index (χ3n) is 4.24. The molecule has 0 radical (unpaired) electrons. The minimum absolute atomic E-state index is 0.130. The number of hydrogen-bond acceptors (Lipinski definition) is 14. The van der Waals surface area contributed by atoms with Crippen LogP contribution in [0.5, 0.6) is 11.5 Å². The van der Waals surface area contributed by atoms with Gasteiger partial charge in [-0.25, -0.2) is 0 Å². The number of hydrogen-bond donors (Lipinski definition) is 0. The molecule has 0 saturated heterocycles. The molecule has 2 aromatic rings. The van der Waals surface area contributed by atoms with Crippen molar-refractivity contribution >= 4 is 34.1 Å². The first-order chi connectivity index (χ1) is 15.8. The van der Waals surface area contributed by atoms with Crippen molar-refractivity contribution in [3.63, 3.8) is 0 Å². The molecule has 0 aliphatic heterocycles. The summed E-state index contributed by atoms with van der Waals surface area (Å²) >= 11 is 0. The second-order valence-electron chi connectivity index (χ2n) is 5.89. The van der Waals surface area contributed by atoms with Gasteiger partial charge in [-0.2, -0.15) is 0 Å². The van der Waals surface area contributed by atoms with Crippen molar-refractivity contribution in [1.29, 1.82) is 0 Å². The highest BCUT2D eigenvalue weighted by Crippen LogP contribution is 2.57. The second kappa shape index (κ2) is 8.89. The Morgan fingerprint density at radius 2 is 0.765 bits per heavy atom. The molecule has 20 heteroatoms. The topological polar surface area (TPSA) is 277 Å². The molecule has 0 aliphatic rings. The molecule has 0 aromatic heterocycles. The Labute approximate surface area is 183 Å². The predicted molar refractivity (Wildman–Crippen MR) is 105 cm³/mol. The molecule has 0 atom stereocenters. The zero-order chi connectivity index (χ0) is 26.1. The molecule has 0 unspecified atom stereocenters. The predicted octanol–water partition coefficient (Wildman–Crippen LogP) is 2.82. The Morgan fingerprint density at radius 1 is 0.500 bits per heavy atom. The zero-order valence-electron chi connectivity index (χ0n) is 16.6. The number of ether oxygens (including phenoxy) is 2. The van der Waals surface area contributed by atoms with Crippen molar-refractivity contribution in [2.75, 3.05) is 14.2 Å². The third-order valence-corrected chi connectivity index (χ3v) is 4.24. The van der Waals surface area contributed by atoms with E-state index < -0.39 is 86.3 Å². The summed E-state index contributed by atoms with van der Waals surface area (Å²) in [6.07, 6.45) is 0. The minimum Gasteiger partial charge on any atom is -0.490 e. The van der Waals surface area contributed by atoms with E-state index in [1.165, 1.54) is 0 Å². The molecule has 178 valence electrons. The molecule has 0 heterocycles. The minimum atomic E-state index is -1.64. The molecule has 0 bridgehead atoms. The first-order valence-corrected chi connectivity index (χ1v) is 8.16. The lowest BCUT2D eigenvalue weighted by molar-refractivity contribution is -0.425. The summed E-state index contributed by atoms with van der Waals surface area (Å²) in [6.45, 7) is 0. The van der Waals surface area contributed by atoms with Gasteiger partial charge >= 0.3 is 34.1 Å². The van der Waals surface area contributed by atoms with Crippen LogP contribution in [0.15, 0.2) is 12.1 Å². The molecule has 0 spiro atoms. The van der Waals surface area contributed by atoms with Crippen LogP contribution in [0.4, 0.5) is 34.1 Å². The Hall–Kier alpha value is -5.56. The number of nitro groups is 6. The quantitative estimate of drug-likeness (QED) is 0.365. The van der Waals surface area contributed by atoms with Crippen LogP contribution in [0.25, 0.3) is 11.1 Å². The molecule has 0 amide bonds.